The van der Waals surface area contributed by atoms with E-state index in [1.807, 2.05) is 25.2 Å². The average Bonchev–Trinajstić information content (AvgIpc) is 2.38. The molecule has 0 heterocycles. The first-order chi connectivity index (χ1) is 8.89. The number of hydrogen-bond acceptors (Lipinski definition) is 4. The molecule has 3 N–H and O–H groups in total. The van der Waals surface area contributed by atoms with Gasteiger partial charge in [-0.25, -0.2) is 0 Å². The van der Waals surface area contributed by atoms with Crippen molar-refractivity contribution in [2.75, 3.05) is 27.2 Å². The zero-order valence-electron chi connectivity index (χ0n) is 12.4. The molecule has 1 aromatic rings. The van der Waals surface area contributed by atoms with E-state index in [9.17, 15) is 5.11 Å². The highest BCUT2D eigenvalue weighted by atomic mass is 16.5. The van der Waals surface area contributed by atoms with Gasteiger partial charge >= 0.3 is 0 Å². The molecule has 2 atom stereocenters. The van der Waals surface area contributed by atoms with Crippen LogP contribution in [0.5, 0.6) is 5.75 Å². The van der Waals surface area contributed by atoms with Crippen LogP contribution >= 0.6 is 0 Å². The summed E-state index contributed by atoms with van der Waals surface area (Å²) in [5.74, 6) is 0.910. The van der Waals surface area contributed by atoms with Gasteiger partial charge in [0.2, 0.25) is 0 Å². The van der Waals surface area contributed by atoms with E-state index in [-0.39, 0.29) is 6.54 Å². The van der Waals surface area contributed by atoms with Crippen LogP contribution in [0, 0.1) is 0 Å². The fourth-order valence-corrected chi connectivity index (χ4v) is 2.10. The van der Waals surface area contributed by atoms with Gasteiger partial charge in [-0.1, -0.05) is 18.2 Å². The Kier molecular flexibility index (Phi) is 5.79. The first-order valence-electron chi connectivity index (χ1n) is 6.64. The van der Waals surface area contributed by atoms with Crippen molar-refractivity contribution in [2.45, 2.75) is 31.9 Å². The number of ether oxygens (including phenoxy) is 1. The maximum absolute atomic E-state index is 10.0. The van der Waals surface area contributed by atoms with Crippen LogP contribution < -0.4 is 10.5 Å². The van der Waals surface area contributed by atoms with E-state index in [0.29, 0.717) is 12.6 Å². The van der Waals surface area contributed by atoms with Crippen LogP contribution in [0.15, 0.2) is 24.3 Å². The number of nitrogens with two attached hydrogens (primary N) is 1. The van der Waals surface area contributed by atoms with Crippen molar-refractivity contribution >= 4 is 0 Å². The van der Waals surface area contributed by atoms with Gasteiger partial charge in [-0.05, 0) is 38.9 Å². The van der Waals surface area contributed by atoms with Crippen LogP contribution in [0.3, 0.4) is 0 Å². The predicted octanol–water partition coefficient (Wildman–Crippen LogP) is 1.27. The SMILES string of the molecule is COc1ccccc1CC(C)N(C)CC(C)(O)CN. The zero-order chi connectivity index (χ0) is 14.5. The van der Waals surface area contributed by atoms with Crippen molar-refractivity contribution in [1.82, 2.24) is 4.90 Å². The Morgan fingerprint density at radius 3 is 2.63 bits per heavy atom. The van der Waals surface area contributed by atoms with E-state index >= 15 is 0 Å². The van der Waals surface area contributed by atoms with Crippen molar-refractivity contribution in [2.24, 2.45) is 5.73 Å². The lowest BCUT2D eigenvalue weighted by molar-refractivity contribution is 0.0248. The van der Waals surface area contributed by atoms with Crippen molar-refractivity contribution < 1.29 is 9.84 Å². The van der Waals surface area contributed by atoms with E-state index in [4.69, 9.17) is 10.5 Å². The normalized spacial score (nSPS) is 16.2. The number of rotatable bonds is 7. The van der Waals surface area contributed by atoms with E-state index < -0.39 is 5.60 Å². The molecule has 0 amide bonds. The summed E-state index contributed by atoms with van der Waals surface area (Å²) in [5.41, 5.74) is 5.89. The smallest absolute Gasteiger partial charge is 0.122 e. The lowest BCUT2D eigenvalue weighted by atomic mass is 10.0. The standard InChI is InChI=1S/C15H26N2O2/c1-12(17(3)11-15(2,18)10-16)9-13-7-5-6-8-14(13)19-4/h5-8,12,18H,9-11,16H2,1-4H3. The third kappa shape index (κ3) is 4.82. The fourth-order valence-electron chi connectivity index (χ4n) is 2.10. The highest BCUT2D eigenvalue weighted by Crippen LogP contribution is 2.20. The molecule has 2 unspecified atom stereocenters. The second-order valence-electron chi connectivity index (χ2n) is 5.48. The Balaban J connectivity index is 2.66. The minimum atomic E-state index is -0.843. The lowest BCUT2D eigenvalue weighted by Gasteiger charge is -2.32. The molecule has 1 aromatic carbocycles. The fraction of sp³-hybridized carbons (Fsp3) is 0.600. The summed E-state index contributed by atoms with van der Waals surface area (Å²) in [6.07, 6.45) is 0.876. The van der Waals surface area contributed by atoms with Crippen molar-refractivity contribution in [3.63, 3.8) is 0 Å². The average molecular weight is 266 g/mol. The summed E-state index contributed by atoms with van der Waals surface area (Å²) in [4.78, 5) is 2.12. The van der Waals surface area contributed by atoms with Crippen molar-refractivity contribution in [3.8, 4) is 5.75 Å². The summed E-state index contributed by atoms with van der Waals surface area (Å²) in [6.45, 7) is 4.72. The van der Waals surface area contributed by atoms with E-state index in [0.717, 1.165) is 12.2 Å². The van der Waals surface area contributed by atoms with Gasteiger partial charge in [0, 0.05) is 19.1 Å². The van der Waals surface area contributed by atoms with Gasteiger partial charge < -0.3 is 20.5 Å². The first kappa shape index (κ1) is 16.0. The van der Waals surface area contributed by atoms with Crippen LogP contribution in [-0.2, 0) is 6.42 Å². The predicted molar refractivity (Wildman–Crippen MR) is 78.5 cm³/mol. The van der Waals surface area contributed by atoms with Crippen LogP contribution in [0.2, 0.25) is 0 Å². The Hall–Kier alpha value is -1.10. The molecule has 108 valence electrons. The topological polar surface area (TPSA) is 58.7 Å². The molecule has 0 bridgehead atoms. The Morgan fingerprint density at radius 2 is 2.05 bits per heavy atom. The molecular formula is C15H26N2O2. The molecule has 0 aromatic heterocycles. The van der Waals surface area contributed by atoms with Gasteiger partial charge in [0.25, 0.3) is 0 Å². The van der Waals surface area contributed by atoms with E-state index in [2.05, 4.69) is 17.9 Å². The lowest BCUT2D eigenvalue weighted by Crippen LogP contribution is -2.47. The van der Waals surface area contributed by atoms with Crippen LogP contribution in [0.4, 0.5) is 0 Å². The molecular weight excluding hydrogens is 240 g/mol. The molecule has 4 nitrogen and oxygen atoms in total. The zero-order valence-corrected chi connectivity index (χ0v) is 12.4. The third-order valence-electron chi connectivity index (χ3n) is 3.49. The van der Waals surface area contributed by atoms with Gasteiger partial charge in [-0.3, -0.25) is 0 Å². The van der Waals surface area contributed by atoms with Gasteiger partial charge in [0.15, 0.2) is 0 Å². The summed E-state index contributed by atoms with van der Waals surface area (Å²) >= 11 is 0. The highest BCUT2D eigenvalue weighted by molar-refractivity contribution is 5.33. The summed E-state index contributed by atoms with van der Waals surface area (Å²) in [7, 11) is 3.69. The van der Waals surface area contributed by atoms with E-state index in [1.165, 1.54) is 5.56 Å². The Morgan fingerprint density at radius 1 is 1.42 bits per heavy atom. The minimum absolute atomic E-state index is 0.263. The molecule has 0 aliphatic rings. The van der Waals surface area contributed by atoms with Gasteiger partial charge in [0.1, 0.15) is 5.75 Å². The quantitative estimate of drug-likeness (QED) is 0.780. The second-order valence-corrected chi connectivity index (χ2v) is 5.48. The monoisotopic (exact) mass is 266 g/mol. The minimum Gasteiger partial charge on any atom is -0.496 e. The molecule has 0 aliphatic carbocycles. The first-order valence-corrected chi connectivity index (χ1v) is 6.64. The molecule has 0 spiro atoms. The maximum Gasteiger partial charge on any atom is 0.122 e. The largest absolute Gasteiger partial charge is 0.496 e. The highest BCUT2D eigenvalue weighted by Gasteiger charge is 2.23. The van der Waals surface area contributed by atoms with Crippen molar-refractivity contribution in [3.05, 3.63) is 29.8 Å². The Labute approximate surface area is 116 Å². The molecule has 1 rings (SSSR count). The molecule has 0 radical (unpaired) electrons. The maximum atomic E-state index is 10.0. The number of para-hydroxylation sites is 1. The number of aliphatic hydroxyl groups is 1. The Bertz CT molecular complexity index is 393. The van der Waals surface area contributed by atoms with Crippen molar-refractivity contribution in [1.29, 1.82) is 0 Å². The summed E-state index contributed by atoms with van der Waals surface area (Å²) in [6, 6.07) is 8.33. The van der Waals surface area contributed by atoms with Crippen LogP contribution in [-0.4, -0.2) is 48.9 Å². The van der Waals surface area contributed by atoms with Gasteiger partial charge in [-0.15, -0.1) is 0 Å². The second kappa shape index (κ2) is 6.89. The van der Waals surface area contributed by atoms with Crippen LogP contribution in [0.25, 0.3) is 0 Å². The molecule has 0 aliphatic heterocycles. The number of benzene rings is 1. The molecule has 19 heavy (non-hydrogen) atoms. The molecule has 0 saturated heterocycles. The number of methoxy groups -OCH3 is 1. The number of nitrogens with zero attached hydrogens (tertiary/aromatic N) is 1. The summed E-state index contributed by atoms with van der Waals surface area (Å²) < 4.78 is 5.36. The summed E-state index contributed by atoms with van der Waals surface area (Å²) in [5, 5.41) is 10.0. The van der Waals surface area contributed by atoms with Gasteiger partial charge in [0.05, 0.1) is 12.7 Å². The van der Waals surface area contributed by atoms with E-state index in [1.54, 1.807) is 14.0 Å². The molecule has 0 fully saturated rings. The molecule has 4 heteroatoms. The van der Waals surface area contributed by atoms with Crippen LogP contribution in [0.1, 0.15) is 19.4 Å². The third-order valence-corrected chi connectivity index (χ3v) is 3.49. The van der Waals surface area contributed by atoms with Gasteiger partial charge in [-0.2, -0.15) is 0 Å². The number of hydrogen-bond donors (Lipinski definition) is 2. The number of likely N-dealkylation sites (N-methyl/N-ethyl adjacent to an activating group) is 1. The molecule has 0 saturated carbocycles.